The number of hydrogen-bond donors (Lipinski definition) is 0. The summed E-state index contributed by atoms with van der Waals surface area (Å²) in [5.74, 6) is -0.120. The molecular weight excluding hydrogens is 201 g/mol. The van der Waals surface area contributed by atoms with E-state index in [0.717, 1.165) is 25.1 Å². The normalized spacial score (nSPS) is 22.9. The molecule has 14 heavy (non-hydrogen) atoms. The number of likely N-dealkylation sites (tertiary alicyclic amines) is 1. The Balaban J connectivity index is 2.01. The number of rotatable bonds is 2. The van der Waals surface area contributed by atoms with Gasteiger partial charge < -0.3 is 0 Å². The highest BCUT2D eigenvalue weighted by atomic mass is 35.5. The lowest BCUT2D eigenvalue weighted by Crippen LogP contribution is -2.20. The highest BCUT2D eigenvalue weighted by molar-refractivity contribution is 6.20. The lowest BCUT2D eigenvalue weighted by atomic mass is 10.2. The Morgan fingerprint density at radius 2 is 2.21 bits per heavy atom. The van der Waals surface area contributed by atoms with Gasteiger partial charge in [0.1, 0.15) is 5.82 Å². The number of alkyl halides is 1. The van der Waals surface area contributed by atoms with Crippen LogP contribution in [0, 0.1) is 5.82 Å². The van der Waals surface area contributed by atoms with E-state index in [1.165, 1.54) is 6.07 Å². The summed E-state index contributed by atoms with van der Waals surface area (Å²) in [6.07, 6.45) is 1.01. The van der Waals surface area contributed by atoms with Crippen LogP contribution in [0.1, 0.15) is 12.0 Å². The van der Waals surface area contributed by atoms with Gasteiger partial charge >= 0.3 is 0 Å². The second-order valence-electron chi connectivity index (χ2n) is 3.71. The summed E-state index contributed by atoms with van der Waals surface area (Å²) < 4.78 is 13.3. The van der Waals surface area contributed by atoms with Gasteiger partial charge in [0.05, 0.1) is 0 Å². The van der Waals surface area contributed by atoms with Gasteiger partial charge in [0.15, 0.2) is 0 Å². The third-order valence-electron chi connectivity index (χ3n) is 2.57. The molecule has 1 unspecified atom stereocenters. The summed E-state index contributed by atoms with van der Waals surface area (Å²) >= 11 is 5.98. The first-order chi connectivity index (χ1) is 6.75. The molecule has 0 bridgehead atoms. The molecule has 2 rings (SSSR count). The average molecular weight is 214 g/mol. The van der Waals surface area contributed by atoms with Gasteiger partial charge in [0, 0.05) is 24.0 Å². The van der Waals surface area contributed by atoms with Gasteiger partial charge in [0.25, 0.3) is 0 Å². The molecule has 0 N–H and O–H groups in total. The maximum absolute atomic E-state index is 13.3. The van der Waals surface area contributed by atoms with Crippen LogP contribution in [0.4, 0.5) is 4.39 Å². The van der Waals surface area contributed by atoms with E-state index in [4.69, 9.17) is 11.6 Å². The van der Waals surface area contributed by atoms with Crippen LogP contribution in [-0.2, 0) is 6.54 Å². The van der Waals surface area contributed by atoms with Crippen molar-refractivity contribution in [3.8, 4) is 0 Å². The molecule has 0 amide bonds. The SMILES string of the molecule is Fc1ccccc1CN1CCC(Cl)C1. The molecule has 1 fully saturated rings. The van der Waals surface area contributed by atoms with Crippen LogP contribution < -0.4 is 0 Å². The van der Waals surface area contributed by atoms with Crippen molar-refractivity contribution < 1.29 is 4.39 Å². The maximum atomic E-state index is 13.3. The zero-order valence-electron chi connectivity index (χ0n) is 7.92. The summed E-state index contributed by atoms with van der Waals surface area (Å²) in [4.78, 5) is 2.19. The fourth-order valence-corrected chi connectivity index (χ4v) is 2.09. The Kier molecular flexibility index (Phi) is 3.04. The standard InChI is InChI=1S/C11H13ClFN/c12-10-5-6-14(8-10)7-9-3-1-2-4-11(9)13/h1-4,10H,5-8H2. The highest BCUT2D eigenvalue weighted by Gasteiger charge is 2.20. The Bertz CT molecular complexity index is 316. The Morgan fingerprint density at radius 1 is 1.43 bits per heavy atom. The number of halogens is 2. The van der Waals surface area contributed by atoms with Crippen molar-refractivity contribution in [3.63, 3.8) is 0 Å². The zero-order chi connectivity index (χ0) is 9.97. The van der Waals surface area contributed by atoms with Crippen LogP contribution in [0.3, 0.4) is 0 Å². The third-order valence-corrected chi connectivity index (χ3v) is 2.92. The van der Waals surface area contributed by atoms with E-state index in [1.807, 2.05) is 12.1 Å². The smallest absolute Gasteiger partial charge is 0.127 e. The van der Waals surface area contributed by atoms with Crippen LogP contribution in [0.25, 0.3) is 0 Å². The van der Waals surface area contributed by atoms with E-state index < -0.39 is 0 Å². The van der Waals surface area contributed by atoms with Crippen LogP contribution in [0.2, 0.25) is 0 Å². The Morgan fingerprint density at radius 3 is 2.86 bits per heavy atom. The van der Waals surface area contributed by atoms with Crippen LogP contribution in [-0.4, -0.2) is 23.4 Å². The Labute approximate surface area is 88.5 Å². The first-order valence-corrected chi connectivity index (χ1v) is 5.29. The van der Waals surface area contributed by atoms with E-state index in [1.54, 1.807) is 6.07 Å². The van der Waals surface area contributed by atoms with Gasteiger partial charge in [-0.1, -0.05) is 18.2 Å². The van der Waals surface area contributed by atoms with Gasteiger partial charge in [-0.05, 0) is 19.0 Å². The molecule has 0 radical (unpaired) electrons. The van der Waals surface area contributed by atoms with Crippen molar-refractivity contribution in [1.29, 1.82) is 0 Å². The number of nitrogens with zero attached hydrogens (tertiary/aromatic N) is 1. The maximum Gasteiger partial charge on any atom is 0.127 e. The van der Waals surface area contributed by atoms with Crippen molar-refractivity contribution in [3.05, 3.63) is 35.6 Å². The van der Waals surface area contributed by atoms with Crippen LogP contribution in [0.5, 0.6) is 0 Å². The fraction of sp³-hybridized carbons (Fsp3) is 0.455. The monoisotopic (exact) mass is 213 g/mol. The molecule has 76 valence electrons. The van der Waals surface area contributed by atoms with E-state index in [0.29, 0.717) is 6.54 Å². The molecule has 1 aromatic carbocycles. The summed E-state index contributed by atoms with van der Waals surface area (Å²) in [7, 11) is 0. The second-order valence-corrected chi connectivity index (χ2v) is 4.33. The highest BCUT2D eigenvalue weighted by Crippen LogP contribution is 2.18. The summed E-state index contributed by atoms with van der Waals surface area (Å²) in [5.41, 5.74) is 0.762. The van der Waals surface area contributed by atoms with Gasteiger partial charge in [0.2, 0.25) is 0 Å². The minimum atomic E-state index is -0.120. The van der Waals surface area contributed by atoms with E-state index in [2.05, 4.69) is 4.90 Å². The zero-order valence-corrected chi connectivity index (χ0v) is 8.67. The minimum Gasteiger partial charge on any atom is -0.297 e. The summed E-state index contributed by atoms with van der Waals surface area (Å²) in [5, 5.41) is 0.238. The van der Waals surface area contributed by atoms with Crippen LogP contribution in [0.15, 0.2) is 24.3 Å². The summed E-state index contributed by atoms with van der Waals surface area (Å²) in [6.45, 7) is 2.52. The lowest BCUT2D eigenvalue weighted by molar-refractivity contribution is 0.326. The van der Waals surface area contributed by atoms with Crippen molar-refractivity contribution in [2.75, 3.05) is 13.1 Å². The first-order valence-electron chi connectivity index (χ1n) is 4.85. The molecule has 0 aromatic heterocycles. The molecule has 1 aromatic rings. The van der Waals surface area contributed by atoms with E-state index >= 15 is 0 Å². The molecule has 0 saturated carbocycles. The molecule has 1 saturated heterocycles. The summed E-state index contributed by atoms with van der Waals surface area (Å²) in [6, 6.07) is 6.92. The van der Waals surface area contributed by atoms with Gasteiger partial charge in [-0.15, -0.1) is 11.6 Å². The van der Waals surface area contributed by atoms with Crippen molar-refractivity contribution in [2.45, 2.75) is 18.3 Å². The first kappa shape index (κ1) is 9.94. The van der Waals surface area contributed by atoms with Crippen molar-refractivity contribution in [1.82, 2.24) is 4.90 Å². The van der Waals surface area contributed by atoms with Gasteiger partial charge in [-0.3, -0.25) is 4.90 Å². The molecule has 1 aliphatic heterocycles. The molecule has 3 heteroatoms. The molecule has 1 aliphatic rings. The van der Waals surface area contributed by atoms with E-state index in [-0.39, 0.29) is 11.2 Å². The molecule has 0 spiro atoms. The predicted octanol–water partition coefficient (Wildman–Crippen LogP) is 2.64. The molecule has 0 aliphatic carbocycles. The van der Waals surface area contributed by atoms with Gasteiger partial charge in [-0.2, -0.15) is 0 Å². The topological polar surface area (TPSA) is 3.24 Å². The number of hydrogen-bond acceptors (Lipinski definition) is 1. The lowest BCUT2D eigenvalue weighted by Gasteiger charge is -2.14. The largest absolute Gasteiger partial charge is 0.297 e. The molecule has 1 nitrogen and oxygen atoms in total. The van der Waals surface area contributed by atoms with Gasteiger partial charge in [-0.25, -0.2) is 4.39 Å². The average Bonchev–Trinajstić information content (AvgIpc) is 2.56. The predicted molar refractivity (Wildman–Crippen MR) is 55.9 cm³/mol. The number of benzene rings is 1. The van der Waals surface area contributed by atoms with Crippen molar-refractivity contribution >= 4 is 11.6 Å². The minimum absolute atomic E-state index is 0.120. The third kappa shape index (κ3) is 2.25. The molecule has 1 heterocycles. The van der Waals surface area contributed by atoms with Crippen molar-refractivity contribution in [2.24, 2.45) is 0 Å². The Hall–Kier alpha value is -0.600. The molecule has 1 atom stereocenters. The quantitative estimate of drug-likeness (QED) is 0.683. The fourth-order valence-electron chi connectivity index (χ4n) is 1.80. The molecular formula is C11H13ClFN. The second kappa shape index (κ2) is 4.28. The van der Waals surface area contributed by atoms with Crippen LogP contribution >= 0.6 is 11.6 Å². The van der Waals surface area contributed by atoms with E-state index in [9.17, 15) is 4.39 Å².